The molecule has 6 nitrogen and oxygen atoms in total. The van der Waals surface area contributed by atoms with Crippen LogP contribution in [0, 0.1) is 0 Å². The number of nitrogens with zero attached hydrogens (tertiary/aromatic N) is 3. The van der Waals surface area contributed by atoms with Gasteiger partial charge in [0.2, 0.25) is 5.91 Å². The van der Waals surface area contributed by atoms with Crippen molar-refractivity contribution >= 4 is 40.1 Å². The Balaban J connectivity index is 1.39. The number of hydrogen-bond donors (Lipinski definition) is 1. The molecule has 1 N–H and O–H groups in total. The summed E-state index contributed by atoms with van der Waals surface area (Å²) in [6, 6.07) is 23.1. The molecule has 4 aromatic rings. The molecule has 0 atom stereocenters. The van der Waals surface area contributed by atoms with E-state index in [1.54, 1.807) is 11.0 Å². The van der Waals surface area contributed by atoms with Crippen LogP contribution in [0.4, 0.5) is 5.69 Å². The van der Waals surface area contributed by atoms with Gasteiger partial charge in [-0.25, -0.2) is 4.98 Å². The van der Waals surface area contributed by atoms with Crippen molar-refractivity contribution in [2.24, 2.45) is 0 Å². The van der Waals surface area contributed by atoms with Crippen LogP contribution in [0.1, 0.15) is 34.6 Å². The van der Waals surface area contributed by atoms with Crippen LogP contribution >= 0.6 is 11.6 Å². The molecule has 2 amide bonds. The van der Waals surface area contributed by atoms with Gasteiger partial charge < -0.3 is 14.8 Å². The molecule has 1 fully saturated rings. The summed E-state index contributed by atoms with van der Waals surface area (Å²) < 4.78 is 1.89. The van der Waals surface area contributed by atoms with Crippen molar-refractivity contribution in [1.82, 2.24) is 14.9 Å². The zero-order chi connectivity index (χ0) is 22.8. The number of fused-ring (bicyclic) bond motifs is 1. The number of anilines is 1. The van der Waals surface area contributed by atoms with Gasteiger partial charge in [0.1, 0.15) is 0 Å². The van der Waals surface area contributed by atoms with E-state index in [0.717, 1.165) is 40.8 Å². The van der Waals surface area contributed by atoms with Gasteiger partial charge in [-0.3, -0.25) is 9.59 Å². The van der Waals surface area contributed by atoms with Crippen LogP contribution in [0.25, 0.3) is 11.0 Å². The van der Waals surface area contributed by atoms with Crippen LogP contribution in [0.3, 0.4) is 0 Å². The molecule has 166 valence electrons. The number of aromatic nitrogens is 2. The van der Waals surface area contributed by atoms with Crippen LogP contribution in [-0.2, 0) is 17.9 Å². The van der Waals surface area contributed by atoms with Gasteiger partial charge in [0.15, 0.2) is 5.82 Å². The highest BCUT2D eigenvalue weighted by atomic mass is 35.5. The molecular weight excluding hydrogens is 436 g/mol. The van der Waals surface area contributed by atoms with Crippen molar-refractivity contribution in [2.45, 2.75) is 25.9 Å². The molecule has 0 saturated carbocycles. The molecule has 33 heavy (non-hydrogen) atoms. The van der Waals surface area contributed by atoms with E-state index >= 15 is 0 Å². The fourth-order valence-electron chi connectivity index (χ4n) is 4.21. The van der Waals surface area contributed by atoms with Gasteiger partial charge in [-0.05, 0) is 47.9 Å². The first-order valence-corrected chi connectivity index (χ1v) is 11.3. The largest absolute Gasteiger partial charge is 0.345 e. The molecule has 0 aliphatic carbocycles. The second kappa shape index (κ2) is 9.08. The number of benzene rings is 3. The summed E-state index contributed by atoms with van der Waals surface area (Å²) in [7, 11) is 0. The molecule has 1 aliphatic rings. The summed E-state index contributed by atoms with van der Waals surface area (Å²) in [5.74, 6) is 0.215. The first kappa shape index (κ1) is 21.2. The minimum Gasteiger partial charge on any atom is -0.345 e. The zero-order valence-electron chi connectivity index (χ0n) is 18.0. The molecule has 1 saturated heterocycles. The average molecular weight is 459 g/mol. The zero-order valence-corrected chi connectivity index (χ0v) is 18.8. The third-order valence-electron chi connectivity index (χ3n) is 5.85. The summed E-state index contributed by atoms with van der Waals surface area (Å²) >= 11 is 6.23. The lowest BCUT2D eigenvalue weighted by Crippen LogP contribution is -2.27. The van der Waals surface area contributed by atoms with E-state index in [1.807, 2.05) is 71.3 Å². The topological polar surface area (TPSA) is 67.2 Å². The van der Waals surface area contributed by atoms with E-state index in [1.165, 1.54) is 0 Å². The maximum Gasteiger partial charge on any atom is 0.287 e. The Labute approximate surface area is 196 Å². The Bertz CT molecular complexity index is 1330. The van der Waals surface area contributed by atoms with Crippen molar-refractivity contribution < 1.29 is 9.59 Å². The first-order chi connectivity index (χ1) is 16.1. The van der Waals surface area contributed by atoms with Gasteiger partial charge >= 0.3 is 0 Å². The van der Waals surface area contributed by atoms with Crippen LogP contribution in [0.2, 0.25) is 5.02 Å². The molecule has 3 aromatic carbocycles. The monoisotopic (exact) mass is 458 g/mol. The predicted octanol–water partition coefficient (Wildman–Crippen LogP) is 4.79. The van der Waals surface area contributed by atoms with E-state index in [0.29, 0.717) is 30.4 Å². The van der Waals surface area contributed by atoms with Crippen molar-refractivity contribution in [2.75, 3.05) is 11.4 Å². The van der Waals surface area contributed by atoms with Crippen molar-refractivity contribution in [3.63, 3.8) is 0 Å². The Morgan fingerprint density at radius 2 is 1.82 bits per heavy atom. The maximum atomic E-state index is 13.2. The van der Waals surface area contributed by atoms with E-state index < -0.39 is 0 Å². The van der Waals surface area contributed by atoms with Crippen LogP contribution in [-0.4, -0.2) is 27.9 Å². The van der Waals surface area contributed by atoms with Crippen LogP contribution in [0.15, 0.2) is 72.8 Å². The lowest BCUT2D eigenvalue weighted by atomic mass is 10.2. The number of imidazole rings is 1. The number of amides is 2. The van der Waals surface area contributed by atoms with Crippen molar-refractivity contribution in [1.29, 1.82) is 0 Å². The normalized spacial score (nSPS) is 13.6. The second-order valence-corrected chi connectivity index (χ2v) is 8.58. The Kier molecular flexibility index (Phi) is 5.84. The summed E-state index contributed by atoms with van der Waals surface area (Å²) in [6.07, 6.45) is 1.46. The summed E-state index contributed by atoms with van der Waals surface area (Å²) in [4.78, 5) is 31.6. The fourth-order valence-corrected chi connectivity index (χ4v) is 4.38. The van der Waals surface area contributed by atoms with Crippen molar-refractivity contribution in [3.05, 3.63) is 94.8 Å². The van der Waals surface area contributed by atoms with Crippen molar-refractivity contribution in [3.8, 4) is 0 Å². The minimum atomic E-state index is -0.263. The third-order valence-corrected chi connectivity index (χ3v) is 6.08. The van der Waals surface area contributed by atoms with E-state index in [9.17, 15) is 9.59 Å². The summed E-state index contributed by atoms with van der Waals surface area (Å²) in [6.45, 7) is 1.58. The number of nitrogens with one attached hydrogen (secondary N) is 1. The summed E-state index contributed by atoms with van der Waals surface area (Å²) in [5.41, 5.74) is 4.39. The molecule has 0 spiro atoms. The maximum absolute atomic E-state index is 13.2. The van der Waals surface area contributed by atoms with Gasteiger partial charge in [-0.2, -0.15) is 0 Å². The van der Waals surface area contributed by atoms with Gasteiger partial charge in [-0.15, -0.1) is 0 Å². The highest BCUT2D eigenvalue weighted by Gasteiger charge is 2.22. The van der Waals surface area contributed by atoms with Gasteiger partial charge in [0, 0.05) is 36.8 Å². The molecule has 7 heteroatoms. The highest BCUT2D eigenvalue weighted by molar-refractivity contribution is 6.31. The third kappa shape index (κ3) is 4.47. The number of halogens is 1. The van der Waals surface area contributed by atoms with Gasteiger partial charge in [-0.1, -0.05) is 54.1 Å². The average Bonchev–Trinajstić information content (AvgIpc) is 3.42. The number of rotatable bonds is 6. The summed E-state index contributed by atoms with van der Waals surface area (Å²) in [5, 5.41) is 3.58. The smallest absolute Gasteiger partial charge is 0.287 e. The van der Waals surface area contributed by atoms with E-state index in [4.69, 9.17) is 11.6 Å². The molecule has 5 rings (SSSR count). The Morgan fingerprint density at radius 3 is 2.61 bits per heavy atom. The molecule has 1 aliphatic heterocycles. The SMILES string of the molecule is O=C(NCc1cccc(N2CCCC2=O)c1)c1nc2ccc(Cl)cc2n1Cc1ccccc1. The van der Waals surface area contributed by atoms with Crippen LogP contribution < -0.4 is 10.2 Å². The fraction of sp³-hybridized carbons (Fsp3) is 0.192. The molecule has 0 unspecified atom stereocenters. The van der Waals surface area contributed by atoms with Crippen LogP contribution in [0.5, 0.6) is 0 Å². The van der Waals surface area contributed by atoms with Gasteiger partial charge in [0.25, 0.3) is 5.91 Å². The number of carbonyl (C=O) groups excluding carboxylic acids is 2. The predicted molar refractivity (Wildman–Crippen MR) is 129 cm³/mol. The quantitative estimate of drug-likeness (QED) is 0.451. The molecular formula is C26H23ClN4O2. The molecule has 0 radical (unpaired) electrons. The standard InChI is InChI=1S/C26H23ClN4O2/c27-20-11-12-22-23(15-20)31(17-18-6-2-1-3-7-18)25(29-22)26(33)28-16-19-8-4-9-21(14-19)30-13-5-10-24(30)32/h1-4,6-9,11-12,14-15H,5,10,13,16-17H2,(H,28,33). The molecule has 1 aromatic heterocycles. The highest BCUT2D eigenvalue weighted by Crippen LogP contribution is 2.24. The molecule has 2 heterocycles. The minimum absolute atomic E-state index is 0.143. The van der Waals surface area contributed by atoms with E-state index in [-0.39, 0.29) is 11.8 Å². The lowest BCUT2D eigenvalue weighted by molar-refractivity contribution is -0.117. The second-order valence-electron chi connectivity index (χ2n) is 8.14. The lowest BCUT2D eigenvalue weighted by Gasteiger charge is -2.16. The Morgan fingerprint density at radius 1 is 1.00 bits per heavy atom. The first-order valence-electron chi connectivity index (χ1n) is 11.0. The van der Waals surface area contributed by atoms with E-state index in [2.05, 4.69) is 10.3 Å². The van der Waals surface area contributed by atoms with Gasteiger partial charge in [0.05, 0.1) is 11.0 Å². The number of hydrogen-bond acceptors (Lipinski definition) is 3. The Hall–Kier alpha value is -3.64. The number of carbonyl (C=O) groups is 2. The molecule has 0 bridgehead atoms.